The van der Waals surface area contributed by atoms with Crippen LogP contribution in [-0.2, 0) is 10.9 Å². The summed E-state index contributed by atoms with van der Waals surface area (Å²) in [5, 5.41) is 4.14. The Morgan fingerprint density at radius 2 is 1.77 bits per heavy atom. The summed E-state index contributed by atoms with van der Waals surface area (Å²) in [5.41, 5.74) is 4.25. The molecular formula is C30H26F3N5O2. The summed E-state index contributed by atoms with van der Waals surface area (Å²) in [6.07, 6.45) is -1.14. The van der Waals surface area contributed by atoms with E-state index in [1.165, 1.54) is 12.1 Å². The van der Waals surface area contributed by atoms with Gasteiger partial charge in [-0.25, -0.2) is 9.97 Å². The van der Waals surface area contributed by atoms with Crippen LogP contribution in [0.4, 0.5) is 24.5 Å². The van der Waals surface area contributed by atoms with Crippen LogP contribution in [-0.4, -0.2) is 40.9 Å². The van der Waals surface area contributed by atoms with Gasteiger partial charge in [0.25, 0.3) is 0 Å². The second kappa shape index (κ2) is 10.6. The number of halogens is 3. The molecule has 1 aliphatic carbocycles. The standard InChI is InChI=1S/C30H26F3N5O2/c1-39-29-11-8-21(18-34-29)36-24-16-26-28(17-25(24)35-20-12-14-40-15-13-20)38(27-5-3-2-4-23(27)37-26)22-9-6-19(7-10-22)30(31,32)33/h2-11,16-18,20,36H,12-15H2,1H3/b35-25+. The first-order valence-corrected chi connectivity index (χ1v) is 12.9. The molecule has 1 saturated heterocycles. The van der Waals surface area contributed by atoms with Crippen LogP contribution in [0.25, 0.3) is 28.1 Å². The van der Waals surface area contributed by atoms with Gasteiger partial charge in [0.2, 0.25) is 5.88 Å². The molecule has 0 spiro atoms. The average Bonchev–Trinajstić information content (AvgIpc) is 2.97. The molecule has 204 valence electrons. The number of ether oxygens (including phenoxy) is 2. The van der Waals surface area contributed by atoms with Gasteiger partial charge in [0, 0.05) is 25.0 Å². The second-order valence-electron chi connectivity index (χ2n) is 9.53. The van der Waals surface area contributed by atoms with E-state index < -0.39 is 11.7 Å². The maximum Gasteiger partial charge on any atom is 0.416 e. The minimum atomic E-state index is -4.42. The van der Waals surface area contributed by atoms with Crippen molar-refractivity contribution in [2.75, 3.05) is 25.6 Å². The zero-order chi connectivity index (χ0) is 27.7. The second-order valence-corrected chi connectivity index (χ2v) is 9.53. The molecule has 7 nitrogen and oxygen atoms in total. The van der Waals surface area contributed by atoms with Gasteiger partial charge in [-0.05, 0) is 67.4 Å². The quantitative estimate of drug-likeness (QED) is 0.260. The smallest absolute Gasteiger partial charge is 0.416 e. The predicted octanol–water partition coefficient (Wildman–Crippen LogP) is 6.38. The maximum atomic E-state index is 13.3. The fourth-order valence-electron chi connectivity index (χ4n) is 4.87. The number of hydrogen-bond donors (Lipinski definition) is 1. The van der Waals surface area contributed by atoms with Crippen molar-refractivity contribution < 1.29 is 22.6 Å². The van der Waals surface area contributed by atoms with Gasteiger partial charge in [-0.3, -0.25) is 4.99 Å². The van der Waals surface area contributed by atoms with Crippen LogP contribution < -0.4 is 15.4 Å². The van der Waals surface area contributed by atoms with E-state index in [0.717, 1.165) is 47.6 Å². The van der Waals surface area contributed by atoms with Crippen LogP contribution in [0.2, 0.25) is 0 Å². The van der Waals surface area contributed by atoms with Crippen molar-refractivity contribution in [1.82, 2.24) is 14.5 Å². The van der Waals surface area contributed by atoms with Crippen molar-refractivity contribution in [3.05, 3.63) is 89.9 Å². The highest BCUT2D eigenvalue weighted by molar-refractivity contribution is 5.84. The van der Waals surface area contributed by atoms with Crippen LogP contribution in [0.1, 0.15) is 18.4 Å². The Hall–Kier alpha value is -4.44. The number of anilines is 2. The van der Waals surface area contributed by atoms with E-state index in [1.54, 1.807) is 19.4 Å². The highest BCUT2D eigenvalue weighted by Gasteiger charge is 2.30. The molecule has 2 aliphatic heterocycles. The molecule has 6 rings (SSSR count). The molecule has 0 saturated carbocycles. The number of nitrogens with zero attached hydrogens (tertiary/aromatic N) is 4. The minimum absolute atomic E-state index is 0.0775. The van der Waals surface area contributed by atoms with Gasteiger partial charge in [-0.15, -0.1) is 0 Å². The molecule has 3 heterocycles. The first kappa shape index (κ1) is 25.8. The minimum Gasteiger partial charge on any atom is -0.481 e. The van der Waals surface area contributed by atoms with E-state index in [1.807, 2.05) is 47.0 Å². The predicted molar refractivity (Wildman–Crippen MR) is 146 cm³/mol. The molecule has 1 fully saturated rings. The van der Waals surface area contributed by atoms with Crippen molar-refractivity contribution >= 4 is 22.4 Å². The Bertz CT molecular complexity index is 1680. The Kier molecular flexibility index (Phi) is 6.85. The summed E-state index contributed by atoms with van der Waals surface area (Å²) in [6.45, 7) is 1.29. The highest BCUT2D eigenvalue weighted by atomic mass is 19.4. The number of alkyl halides is 3. The summed E-state index contributed by atoms with van der Waals surface area (Å²) in [7, 11) is 1.56. The zero-order valence-corrected chi connectivity index (χ0v) is 21.7. The molecule has 0 amide bonds. The fraction of sp³-hybridized carbons (Fsp3) is 0.233. The van der Waals surface area contributed by atoms with Gasteiger partial charge in [0.15, 0.2) is 0 Å². The monoisotopic (exact) mass is 545 g/mol. The van der Waals surface area contributed by atoms with Gasteiger partial charge in [0.1, 0.15) is 0 Å². The van der Waals surface area contributed by atoms with Gasteiger partial charge < -0.3 is 19.4 Å². The number of nitrogens with one attached hydrogen (secondary N) is 1. The largest absolute Gasteiger partial charge is 0.481 e. The molecular weight excluding hydrogens is 519 g/mol. The summed E-state index contributed by atoms with van der Waals surface area (Å²) in [6, 6.07) is 20.3. The number of hydrogen-bond acceptors (Lipinski definition) is 6. The van der Waals surface area contributed by atoms with Gasteiger partial charge in [-0.1, -0.05) is 12.1 Å². The number of para-hydroxylation sites is 2. The number of rotatable bonds is 5. The van der Waals surface area contributed by atoms with Crippen LogP contribution in [0.3, 0.4) is 0 Å². The fourth-order valence-corrected chi connectivity index (χ4v) is 4.87. The Morgan fingerprint density at radius 3 is 2.48 bits per heavy atom. The molecule has 10 heteroatoms. The topological polar surface area (TPSA) is 73.6 Å². The SMILES string of the molecule is COc1ccc(Nc2cc3nc4ccccc4n(-c4ccc(C(F)(F)F)cc4)c-3c/c2=N\C2CCOCC2)cn1. The summed E-state index contributed by atoms with van der Waals surface area (Å²) < 4.78 is 52.6. The zero-order valence-electron chi connectivity index (χ0n) is 21.7. The van der Waals surface area contributed by atoms with Gasteiger partial charge in [0.05, 0.1) is 64.1 Å². The molecule has 0 atom stereocenters. The van der Waals surface area contributed by atoms with Gasteiger partial charge >= 0.3 is 6.18 Å². The van der Waals surface area contributed by atoms with Crippen molar-refractivity contribution in [3.63, 3.8) is 0 Å². The molecule has 3 aliphatic rings. The normalized spacial score (nSPS) is 15.1. The Balaban J connectivity index is 1.57. The molecule has 3 aromatic rings. The van der Waals surface area contributed by atoms with Crippen molar-refractivity contribution in [1.29, 1.82) is 0 Å². The molecule has 1 N–H and O–H groups in total. The highest BCUT2D eigenvalue weighted by Crippen LogP contribution is 2.33. The van der Waals surface area contributed by atoms with E-state index in [2.05, 4.69) is 10.3 Å². The van der Waals surface area contributed by atoms with E-state index in [4.69, 9.17) is 19.5 Å². The first-order valence-electron chi connectivity index (χ1n) is 12.9. The lowest BCUT2D eigenvalue weighted by atomic mass is 10.1. The summed E-state index contributed by atoms with van der Waals surface area (Å²) in [4.78, 5) is 14.3. The third-order valence-electron chi connectivity index (χ3n) is 6.89. The number of methoxy groups -OCH3 is 1. The molecule has 2 aromatic carbocycles. The van der Waals surface area contributed by atoms with Crippen molar-refractivity contribution in [2.24, 2.45) is 4.99 Å². The Labute approximate surface area is 228 Å². The number of benzene rings is 3. The lowest BCUT2D eigenvalue weighted by Gasteiger charge is -2.22. The van der Waals surface area contributed by atoms with Crippen LogP contribution in [0, 0.1) is 0 Å². The molecule has 0 radical (unpaired) electrons. The number of pyridine rings is 1. The first-order chi connectivity index (χ1) is 19.4. The van der Waals surface area contributed by atoms with E-state index in [0.29, 0.717) is 41.3 Å². The third kappa shape index (κ3) is 5.22. The van der Waals surface area contributed by atoms with E-state index >= 15 is 0 Å². The average molecular weight is 546 g/mol. The van der Waals surface area contributed by atoms with Crippen LogP contribution >= 0.6 is 0 Å². The molecule has 0 unspecified atom stereocenters. The lowest BCUT2D eigenvalue weighted by Crippen LogP contribution is -2.23. The number of fused-ring (bicyclic) bond motifs is 2. The lowest BCUT2D eigenvalue weighted by molar-refractivity contribution is -0.137. The summed E-state index contributed by atoms with van der Waals surface area (Å²) >= 11 is 0. The van der Waals surface area contributed by atoms with E-state index in [-0.39, 0.29) is 6.04 Å². The van der Waals surface area contributed by atoms with E-state index in [9.17, 15) is 13.2 Å². The van der Waals surface area contributed by atoms with Crippen molar-refractivity contribution in [3.8, 4) is 23.0 Å². The maximum absolute atomic E-state index is 13.3. The number of aromatic nitrogens is 3. The van der Waals surface area contributed by atoms with Crippen LogP contribution in [0.5, 0.6) is 5.88 Å². The molecule has 0 bridgehead atoms. The Morgan fingerprint density at radius 1 is 1.00 bits per heavy atom. The molecule has 40 heavy (non-hydrogen) atoms. The van der Waals surface area contributed by atoms with Gasteiger partial charge in [-0.2, -0.15) is 13.2 Å². The summed E-state index contributed by atoms with van der Waals surface area (Å²) in [5.74, 6) is 0.502. The van der Waals surface area contributed by atoms with Crippen molar-refractivity contribution in [2.45, 2.75) is 25.1 Å². The van der Waals surface area contributed by atoms with Crippen LogP contribution in [0.15, 0.2) is 84.0 Å². The third-order valence-corrected chi connectivity index (χ3v) is 6.89. The molecule has 1 aromatic heterocycles.